The number of nitrogens with one attached hydrogen (secondary N) is 1. The van der Waals surface area contributed by atoms with E-state index in [1.807, 2.05) is 14.1 Å². The molecule has 7 heteroatoms. The molecule has 1 aliphatic rings. The highest BCUT2D eigenvalue weighted by atomic mass is 79.9. The normalized spacial score (nSPS) is 22.3. The number of anilines is 1. The fourth-order valence-electron chi connectivity index (χ4n) is 2.90. The van der Waals surface area contributed by atoms with Gasteiger partial charge < -0.3 is 15.3 Å². The minimum Gasteiger partial charge on any atom is -0.394 e. The number of rotatable bonds is 5. The van der Waals surface area contributed by atoms with Crippen LogP contribution in [-0.2, 0) is 6.54 Å². The highest BCUT2D eigenvalue weighted by molar-refractivity contribution is 9.10. The second-order valence-corrected chi connectivity index (χ2v) is 6.29. The lowest BCUT2D eigenvalue weighted by molar-refractivity contribution is 0.266. The SMILES string of the molecule is CNC1CCC(N(C)c2cnn(CCO)c(=O)c2Br)CC1. The van der Waals surface area contributed by atoms with Crippen molar-refractivity contribution in [2.24, 2.45) is 0 Å². The predicted octanol–water partition coefficient (Wildman–Crippen LogP) is 0.965. The molecule has 6 nitrogen and oxygen atoms in total. The van der Waals surface area contributed by atoms with Gasteiger partial charge in [0.2, 0.25) is 0 Å². The number of hydrogen-bond donors (Lipinski definition) is 2. The van der Waals surface area contributed by atoms with E-state index in [0.717, 1.165) is 31.4 Å². The predicted molar refractivity (Wildman–Crippen MR) is 86.8 cm³/mol. The standard InChI is InChI=1S/C14H23BrN4O2/c1-16-10-3-5-11(6-4-10)18(2)12-9-17-19(7-8-20)14(21)13(12)15/h9-11,16,20H,3-8H2,1-2H3. The Balaban J connectivity index is 2.14. The quantitative estimate of drug-likeness (QED) is 0.820. The van der Waals surface area contributed by atoms with Gasteiger partial charge in [-0.1, -0.05) is 0 Å². The van der Waals surface area contributed by atoms with Gasteiger partial charge in [0.25, 0.3) is 5.56 Å². The molecule has 0 atom stereocenters. The molecule has 1 fully saturated rings. The van der Waals surface area contributed by atoms with Gasteiger partial charge in [-0.2, -0.15) is 5.10 Å². The molecule has 0 saturated heterocycles. The summed E-state index contributed by atoms with van der Waals surface area (Å²) in [6.07, 6.45) is 6.21. The molecule has 0 amide bonds. The van der Waals surface area contributed by atoms with E-state index in [-0.39, 0.29) is 18.7 Å². The molecule has 0 radical (unpaired) electrons. The third kappa shape index (κ3) is 3.64. The Labute approximate surface area is 133 Å². The molecule has 0 aliphatic heterocycles. The van der Waals surface area contributed by atoms with Crippen molar-refractivity contribution in [3.8, 4) is 0 Å². The number of aromatic nitrogens is 2. The van der Waals surface area contributed by atoms with Crippen LogP contribution in [0.15, 0.2) is 15.5 Å². The lowest BCUT2D eigenvalue weighted by Gasteiger charge is -2.36. The van der Waals surface area contributed by atoms with Crippen LogP contribution >= 0.6 is 15.9 Å². The molecule has 2 N–H and O–H groups in total. The fraction of sp³-hybridized carbons (Fsp3) is 0.714. The van der Waals surface area contributed by atoms with E-state index in [0.29, 0.717) is 16.6 Å². The van der Waals surface area contributed by atoms with Gasteiger partial charge in [-0.15, -0.1) is 0 Å². The van der Waals surface area contributed by atoms with E-state index < -0.39 is 0 Å². The third-order valence-electron chi connectivity index (χ3n) is 4.31. The highest BCUT2D eigenvalue weighted by Crippen LogP contribution is 2.29. The zero-order chi connectivity index (χ0) is 15.4. The summed E-state index contributed by atoms with van der Waals surface area (Å²) < 4.78 is 1.79. The summed E-state index contributed by atoms with van der Waals surface area (Å²) in [7, 11) is 4.03. The maximum Gasteiger partial charge on any atom is 0.283 e. The monoisotopic (exact) mass is 358 g/mol. The molecule has 0 aromatic carbocycles. The van der Waals surface area contributed by atoms with Gasteiger partial charge in [0.15, 0.2) is 0 Å². The average molecular weight is 359 g/mol. The molecule has 1 aliphatic carbocycles. The van der Waals surface area contributed by atoms with Gasteiger partial charge in [0, 0.05) is 19.1 Å². The summed E-state index contributed by atoms with van der Waals surface area (Å²) in [6.45, 7) is 0.122. The van der Waals surface area contributed by atoms with Gasteiger partial charge in [-0.25, -0.2) is 4.68 Å². The Hall–Kier alpha value is -0.920. The van der Waals surface area contributed by atoms with Crippen molar-refractivity contribution in [3.63, 3.8) is 0 Å². The molecule has 0 spiro atoms. The largest absolute Gasteiger partial charge is 0.394 e. The minimum absolute atomic E-state index is 0.0947. The van der Waals surface area contributed by atoms with Crippen molar-refractivity contribution in [1.82, 2.24) is 15.1 Å². The van der Waals surface area contributed by atoms with Crippen LogP contribution in [0.3, 0.4) is 0 Å². The molecule has 118 valence electrons. The van der Waals surface area contributed by atoms with Crippen LogP contribution in [0.4, 0.5) is 5.69 Å². The molecule has 1 saturated carbocycles. The van der Waals surface area contributed by atoms with Crippen LogP contribution in [-0.4, -0.2) is 47.7 Å². The lowest BCUT2D eigenvalue weighted by Crippen LogP contribution is -2.40. The first-order chi connectivity index (χ1) is 10.1. The van der Waals surface area contributed by atoms with Crippen LogP contribution in [0.1, 0.15) is 25.7 Å². The topological polar surface area (TPSA) is 70.4 Å². The fourth-order valence-corrected chi connectivity index (χ4v) is 3.49. The van der Waals surface area contributed by atoms with Crippen LogP contribution < -0.4 is 15.8 Å². The van der Waals surface area contributed by atoms with Gasteiger partial charge in [0.05, 0.1) is 25.0 Å². The van der Waals surface area contributed by atoms with Crippen molar-refractivity contribution in [2.75, 3.05) is 25.6 Å². The Kier molecular flexibility index (Phi) is 5.78. The molecule has 1 aromatic heterocycles. The van der Waals surface area contributed by atoms with Crippen LogP contribution in [0, 0.1) is 0 Å². The first kappa shape index (κ1) is 16.5. The number of aliphatic hydroxyl groups is 1. The van der Waals surface area contributed by atoms with Crippen molar-refractivity contribution in [1.29, 1.82) is 0 Å². The molecule has 0 unspecified atom stereocenters. The summed E-state index contributed by atoms with van der Waals surface area (Å²) in [4.78, 5) is 14.3. The Bertz CT molecular complexity index is 526. The number of halogens is 1. The second-order valence-electron chi connectivity index (χ2n) is 5.50. The summed E-state index contributed by atoms with van der Waals surface area (Å²) >= 11 is 3.38. The summed E-state index contributed by atoms with van der Waals surface area (Å²) in [5.41, 5.74) is 0.624. The molecular formula is C14H23BrN4O2. The molecule has 2 rings (SSSR count). The molecule has 1 heterocycles. The molecule has 21 heavy (non-hydrogen) atoms. The lowest BCUT2D eigenvalue weighted by atomic mass is 9.90. The highest BCUT2D eigenvalue weighted by Gasteiger charge is 2.25. The summed E-state index contributed by atoms with van der Waals surface area (Å²) in [5.74, 6) is 0. The van der Waals surface area contributed by atoms with E-state index in [2.05, 4.69) is 31.2 Å². The van der Waals surface area contributed by atoms with Crippen LogP contribution in [0.2, 0.25) is 0 Å². The number of hydrogen-bond acceptors (Lipinski definition) is 5. The van der Waals surface area contributed by atoms with Gasteiger partial charge in [-0.05, 0) is 48.7 Å². The van der Waals surface area contributed by atoms with E-state index >= 15 is 0 Å². The summed E-state index contributed by atoms with van der Waals surface area (Å²) in [6, 6.07) is 1.04. The smallest absolute Gasteiger partial charge is 0.283 e. The van der Waals surface area contributed by atoms with E-state index in [1.54, 1.807) is 6.20 Å². The van der Waals surface area contributed by atoms with E-state index in [9.17, 15) is 4.79 Å². The molecular weight excluding hydrogens is 336 g/mol. The zero-order valence-electron chi connectivity index (χ0n) is 12.5. The van der Waals surface area contributed by atoms with Crippen LogP contribution in [0.25, 0.3) is 0 Å². The number of aliphatic hydroxyl groups excluding tert-OH is 1. The Morgan fingerprint density at radius 1 is 1.48 bits per heavy atom. The first-order valence-electron chi connectivity index (χ1n) is 7.35. The van der Waals surface area contributed by atoms with Crippen molar-refractivity contribution in [3.05, 3.63) is 21.0 Å². The van der Waals surface area contributed by atoms with Crippen molar-refractivity contribution in [2.45, 2.75) is 44.3 Å². The number of nitrogens with zero attached hydrogens (tertiary/aromatic N) is 3. The molecule has 1 aromatic rings. The third-order valence-corrected chi connectivity index (χ3v) is 5.06. The van der Waals surface area contributed by atoms with Gasteiger partial charge in [0.1, 0.15) is 4.47 Å². The van der Waals surface area contributed by atoms with E-state index in [4.69, 9.17) is 5.11 Å². The second kappa shape index (κ2) is 7.38. The summed E-state index contributed by atoms with van der Waals surface area (Å²) in [5, 5.41) is 16.4. The maximum absolute atomic E-state index is 12.2. The maximum atomic E-state index is 12.2. The average Bonchev–Trinajstić information content (AvgIpc) is 2.52. The first-order valence-corrected chi connectivity index (χ1v) is 8.14. The van der Waals surface area contributed by atoms with E-state index in [1.165, 1.54) is 4.68 Å². The van der Waals surface area contributed by atoms with Crippen molar-refractivity contribution >= 4 is 21.6 Å². The Morgan fingerprint density at radius 3 is 2.71 bits per heavy atom. The molecule has 0 bridgehead atoms. The van der Waals surface area contributed by atoms with Crippen LogP contribution in [0.5, 0.6) is 0 Å². The Morgan fingerprint density at radius 2 is 2.14 bits per heavy atom. The minimum atomic E-state index is -0.197. The van der Waals surface area contributed by atoms with Gasteiger partial charge >= 0.3 is 0 Å². The van der Waals surface area contributed by atoms with Gasteiger partial charge in [-0.3, -0.25) is 4.79 Å². The van der Waals surface area contributed by atoms with Crippen molar-refractivity contribution < 1.29 is 5.11 Å². The zero-order valence-corrected chi connectivity index (χ0v) is 14.1.